The van der Waals surface area contributed by atoms with Crippen molar-refractivity contribution in [3.05, 3.63) is 43.0 Å². The van der Waals surface area contributed by atoms with E-state index in [1.807, 2.05) is 41.6 Å². The minimum atomic E-state index is -4.37. The Bertz CT molecular complexity index is 1360. The summed E-state index contributed by atoms with van der Waals surface area (Å²) in [5, 5.41) is 22.7. The van der Waals surface area contributed by atoms with Crippen molar-refractivity contribution in [3.8, 4) is 11.1 Å². The van der Waals surface area contributed by atoms with E-state index in [9.17, 15) is 18.3 Å². The molecule has 0 radical (unpaired) electrons. The summed E-state index contributed by atoms with van der Waals surface area (Å²) >= 11 is 0. The SMILES string of the molecule is CC(C)n1ncc2ccc(Nc3cc(N4CCC[C@H](O)C4)c(-c4cnn(CC(F)(F)F)c4)cn3)nc21. The highest BCUT2D eigenvalue weighted by molar-refractivity contribution is 5.81. The highest BCUT2D eigenvalue weighted by atomic mass is 19.4. The van der Waals surface area contributed by atoms with Crippen LogP contribution in [-0.2, 0) is 6.54 Å². The van der Waals surface area contributed by atoms with Crippen LogP contribution in [0.5, 0.6) is 0 Å². The van der Waals surface area contributed by atoms with Gasteiger partial charge in [0.2, 0.25) is 0 Å². The van der Waals surface area contributed by atoms with Gasteiger partial charge in [-0.15, -0.1) is 0 Å². The van der Waals surface area contributed by atoms with Crippen LogP contribution in [0, 0.1) is 0 Å². The second kappa shape index (κ2) is 9.41. The van der Waals surface area contributed by atoms with Crippen LogP contribution in [0.2, 0.25) is 0 Å². The van der Waals surface area contributed by atoms with Gasteiger partial charge in [0.05, 0.1) is 24.2 Å². The van der Waals surface area contributed by atoms with E-state index in [4.69, 9.17) is 4.98 Å². The summed E-state index contributed by atoms with van der Waals surface area (Å²) in [7, 11) is 0. The van der Waals surface area contributed by atoms with E-state index in [2.05, 4.69) is 20.5 Å². The van der Waals surface area contributed by atoms with Gasteiger partial charge in [0.15, 0.2) is 5.65 Å². The molecule has 0 aromatic carbocycles. The molecule has 1 saturated heterocycles. The number of hydrogen-bond acceptors (Lipinski definition) is 7. The van der Waals surface area contributed by atoms with E-state index in [0.717, 1.165) is 27.8 Å². The smallest absolute Gasteiger partial charge is 0.391 e. The Balaban J connectivity index is 1.49. The molecule has 5 heterocycles. The second-order valence-electron chi connectivity index (χ2n) is 9.29. The van der Waals surface area contributed by atoms with Crippen molar-refractivity contribution in [2.45, 2.75) is 51.6 Å². The fraction of sp³-hybridized carbons (Fsp3) is 0.417. The third-order valence-corrected chi connectivity index (χ3v) is 6.09. The average molecular weight is 501 g/mol. The number of aromatic nitrogens is 6. The van der Waals surface area contributed by atoms with Crippen LogP contribution in [0.1, 0.15) is 32.7 Å². The molecule has 1 aliphatic rings. The van der Waals surface area contributed by atoms with Crippen LogP contribution in [0.3, 0.4) is 0 Å². The number of rotatable bonds is 6. The van der Waals surface area contributed by atoms with E-state index in [0.29, 0.717) is 42.3 Å². The van der Waals surface area contributed by atoms with Crippen LogP contribution in [0.15, 0.2) is 43.0 Å². The van der Waals surface area contributed by atoms with Crippen LogP contribution >= 0.6 is 0 Å². The van der Waals surface area contributed by atoms with Crippen molar-refractivity contribution in [1.29, 1.82) is 0 Å². The number of nitrogens with zero attached hydrogens (tertiary/aromatic N) is 7. The van der Waals surface area contributed by atoms with Gasteiger partial charge in [0.25, 0.3) is 0 Å². The number of aliphatic hydroxyl groups is 1. The lowest BCUT2D eigenvalue weighted by atomic mass is 10.0. The van der Waals surface area contributed by atoms with Crippen molar-refractivity contribution in [1.82, 2.24) is 29.5 Å². The molecule has 2 N–H and O–H groups in total. The number of anilines is 3. The first-order valence-corrected chi connectivity index (χ1v) is 11.8. The van der Waals surface area contributed by atoms with E-state index in [-0.39, 0.29) is 6.04 Å². The Morgan fingerprint density at radius 1 is 1.14 bits per heavy atom. The molecular weight excluding hydrogens is 473 g/mol. The summed E-state index contributed by atoms with van der Waals surface area (Å²) in [5.41, 5.74) is 2.67. The van der Waals surface area contributed by atoms with Crippen LogP contribution in [-0.4, -0.2) is 60.0 Å². The molecule has 0 aliphatic carbocycles. The van der Waals surface area contributed by atoms with Crippen molar-refractivity contribution in [3.63, 3.8) is 0 Å². The second-order valence-corrected chi connectivity index (χ2v) is 9.29. The number of pyridine rings is 2. The topological polar surface area (TPSA) is 96.9 Å². The van der Waals surface area contributed by atoms with Crippen molar-refractivity contribution in [2.75, 3.05) is 23.3 Å². The van der Waals surface area contributed by atoms with Gasteiger partial charge in [-0.2, -0.15) is 23.4 Å². The maximum absolute atomic E-state index is 12.8. The first-order valence-electron chi connectivity index (χ1n) is 11.8. The maximum Gasteiger partial charge on any atom is 0.408 e. The molecule has 190 valence electrons. The molecule has 12 heteroatoms. The van der Waals surface area contributed by atoms with Crippen molar-refractivity contribution in [2.24, 2.45) is 0 Å². The third kappa shape index (κ3) is 5.13. The van der Waals surface area contributed by atoms with Crippen molar-refractivity contribution >= 4 is 28.4 Å². The van der Waals surface area contributed by atoms with E-state index in [1.54, 1.807) is 12.4 Å². The lowest BCUT2D eigenvalue weighted by Crippen LogP contribution is -2.38. The molecule has 0 unspecified atom stereocenters. The zero-order valence-corrected chi connectivity index (χ0v) is 19.9. The maximum atomic E-state index is 12.8. The van der Waals surface area contributed by atoms with Gasteiger partial charge in [-0.25, -0.2) is 14.6 Å². The number of hydrogen-bond donors (Lipinski definition) is 2. The summed E-state index contributed by atoms with van der Waals surface area (Å²) in [5.74, 6) is 1.12. The number of fused-ring (bicyclic) bond motifs is 1. The first-order chi connectivity index (χ1) is 17.2. The molecular formula is C24H27F3N8O. The molecule has 0 saturated carbocycles. The molecule has 1 aliphatic heterocycles. The van der Waals surface area contributed by atoms with E-state index in [1.165, 1.54) is 12.4 Å². The fourth-order valence-corrected chi connectivity index (χ4v) is 4.44. The number of β-amino-alcohol motifs (C(OH)–C–C–N with tert-alkyl or cyclic N) is 1. The van der Waals surface area contributed by atoms with Crippen molar-refractivity contribution < 1.29 is 18.3 Å². The van der Waals surface area contributed by atoms with Crippen LogP contribution in [0.4, 0.5) is 30.5 Å². The molecule has 9 nitrogen and oxygen atoms in total. The van der Waals surface area contributed by atoms with Gasteiger partial charge in [-0.3, -0.25) is 4.68 Å². The minimum absolute atomic E-state index is 0.151. The molecule has 0 amide bonds. The summed E-state index contributed by atoms with van der Waals surface area (Å²) in [6.07, 6.45) is 2.82. The molecule has 4 aromatic rings. The number of aliphatic hydroxyl groups excluding tert-OH is 1. The Morgan fingerprint density at radius 2 is 1.97 bits per heavy atom. The molecule has 0 bridgehead atoms. The Kier molecular flexibility index (Phi) is 6.29. The van der Waals surface area contributed by atoms with Crippen LogP contribution in [0.25, 0.3) is 22.2 Å². The highest BCUT2D eigenvalue weighted by Gasteiger charge is 2.29. The van der Waals surface area contributed by atoms with Crippen LogP contribution < -0.4 is 10.2 Å². The summed E-state index contributed by atoms with van der Waals surface area (Å²) < 4.78 is 41.2. The van der Waals surface area contributed by atoms with Gasteiger partial charge in [-0.05, 0) is 38.8 Å². The number of halogens is 3. The molecule has 5 rings (SSSR count). The minimum Gasteiger partial charge on any atom is -0.391 e. The largest absolute Gasteiger partial charge is 0.408 e. The molecule has 1 atom stereocenters. The van der Waals surface area contributed by atoms with E-state index >= 15 is 0 Å². The molecule has 36 heavy (non-hydrogen) atoms. The third-order valence-electron chi connectivity index (χ3n) is 6.09. The number of piperidine rings is 1. The van der Waals surface area contributed by atoms with E-state index < -0.39 is 18.8 Å². The predicted octanol–water partition coefficient (Wildman–Crippen LogP) is 4.54. The lowest BCUT2D eigenvalue weighted by Gasteiger charge is -2.33. The Hall–Kier alpha value is -3.67. The standard InChI is InChI=1S/C24H27F3N8O/c1-15(2)35-23-16(9-30-35)5-6-21(32-23)31-22-8-20(33-7-3-4-18(36)13-33)19(11-28-22)17-10-29-34(12-17)14-24(25,26)27/h5-6,8-12,15,18,36H,3-4,7,13-14H2,1-2H3,(H,28,31,32)/t18-/m0/s1. The number of nitrogens with one attached hydrogen (secondary N) is 1. The monoisotopic (exact) mass is 500 g/mol. The van der Waals surface area contributed by atoms with Gasteiger partial charge < -0.3 is 15.3 Å². The Morgan fingerprint density at radius 3 is 2.72 bits per heavy atom. The summed E-state index contributed by atoms with van der Waals surface area (Å²) in [6.45, 7) is 4.03. The van der Waals surface area contributed by atoms with Gasteiger partial charge in [0.1, 0.15) is 18.2 Å². The zero-order chi connectivity index (χ0) is 25.4. The zero-order valence-electron chi connectivity index (χ0n) is 19.9. The number of alkyl halides is 3. The molecule has 0 spiro atoms. The van der Waals surface area contributed by atoms with Gasteiger partial charge >= 0.3 is 6.18 Å². The van der Waals surface area contributed by atoms with Gasteiger partial charge in [-0.1, -0.05) is 0 Å². The predicted molar refractivity (Wildman–Crippen MR) is 130 cm³/mol. The Labute approximate surface area is 205 Å². The quantitative estimate of drug-likeness (QED) is 0.401. The lowest BCUT2D eigenvalue weighted by molar-refractivity contribution is -0.142. The van der Waals surface area contributed by atoms with Gasteiger partial charge in [0, 0.05) is 54.1 Å². The normalized spacial score (nSPS) is 16.8. The molecule has 4 aromatic heterocycles. The summed E-state index contributed by atoms with van der Waals surface area (Å²) in [4.78, 5) is 11.2. The fourth-order valence-electron chi connectivity index (χ4n) is 4.44. The molecule has 1 fully saturated rings. The first kappa shape index (κ1) is 24.0. The average Bonchev–Trinajstić information content (AvgIpc) is 3.44. The highest BCUT2D eigenvalue weighted by Crippen LogP contribution is 2.35. The summed E-state index contributed by atoms with van der Waals surface area (Å²) in [6, 6.07) is 5.76.